The van der Waals surface area contributed by atoms with Crippen LogP contribution in [0.2, 0.25) is 0 Å². The van der Waals surface area contributed by atoms with E-state index in [0.717, 1.165) is 12.1 Å². The van der Waals surface area contributed by atoms with Crippen molar-refractivity contribution < 1.29 is 4.84 Å². The van der Waals surface area contributed by atoms with Crippen LogP contribution in [0.15, 0.2) is 54.7 Å². The van der Waals surface area contributed by atoms with Crippen molar-refractivity contribution in [1.82, 2.24) is 5.06 Å². The van der Waals surface area contributed by atoms with E-state index in [4.69, 9.17) is 4.84 Å². The summed E-state index contributed by atoms with van der Waals surface area (Å²) >= 11 is 0. The number of fused-ring (bicyclic) bond motifs is 1. The first-order valence-corrected chi connectivity index (χ1v) is 5.64. The number of rotatable bonds is 4. The summed E-state index contributed by atoms with van der Waals surface area (Å²) in [6.45, 7) is 4.03. The first kappa shape index (κ1) is 11.7. The topological polar surface area (TPSA) is 12.5 Å². The van der Waals surface area contributed by atoms with Crippen LogP contribution in [0.5, 0.6) is 0 Å². The monoisotopic (exact) mass is 227 g/mol. The standard InChI is InChI=1S/C15H17NO/c1-12(16(2)17-3)11-14-9-6-8-13-7-4-5-10-15(13)14/h4-10H,1,11H2,2-3H3. The fraction of sp³-hybridized carbons (Fsp3) is 0.200. The molecule has 0 aromatic heterocycles. The summed E-state index contributed by atoms with van der Waals surface area (Å²) in [5.74, 6) is 0. The Bertz CT molecular complexity index is 528. The molecule has 17 heavy (non-hydrogen) atoms. The van der Waals surface area contributed by atoms with Crippen LogP contribution in [0.3, 0.4) is 0 Å². The number of likely N-dealkylation sites (N-methyl/N-ethyl adjacent to an activating group) is 1. The van der Waals surface area contributed by atoms with Gasteiger partial charge in [-0.15, -0.1) is 0 Å². The summed E-state index contributed by atoms with van der Waals surface area (Å²) in [7, 11) is 3.52. The minimum Gasteiger partial charge on any atom is -0.277 e. The molecule has 2 aromatic carbocycles. The van der Waals surface area contributed by atoms with Crippen LogP contribution in [0.4, 0.5) is 0 Å². The minimum atomic E-state index is 0.797. The van der Waals surface area contributed by atoms with Gasteiger partial charge in [0, 0.05) is 19.2 Å². The van der Waals surface area contributed by atoms with E-state index in [-0.39, 0.29) is 0 Å². The molecule has 0 radical (unpaired) electrons. The molecule has 0 atom stereocenters. The Labute approximate surface area is 102 Å². The van der Waals surface area contributed by atoms with Crippen LogP contribution in [-0.2, 0) is 11.3 Å². The second kappa shape index (κ2) is 5.02. The molecule has 0 saturated carbocycles. The van der Waals surface area contributed by atoms with E-state index in [2.05, 4.69) is 49.0 Å². The average Bonchev–Trinajstić information content (AvgIpc) is 2.38. The molecule has 2 heteroatoms. The Morgan fingerprint density at radius 1 is 1.18 bits per heavy atom. The number of hydrogen-bond acceptors (Lipinski definition) is 2. The molecule has 0 N–H and O–H groups in total. The Balaban J connectivity index is 2.33. The first-order chi connectivity index (χ1) is 8.22. The molecule has 0 aliphatic heterocycles. The van der Waals surface area contributed by atoms with E-state index in [9.17, 15) is 0 Å². The van der Waals surface area contributed by atoms with Crippen molar-refractivity contribution >= 4 is 10.8 Å². The summed E-state index contributed by atoms with van der Waals surface area (Å²) < 4.78 is 0. The summed E-state index contributed by atoms with van der Waals surface area (Å²) in [5.41, 5.74) is 2.22. The van der Waals surface area contributed by atoms with E-state index in [0.29, 0.717) is 0 Å². The van der Waals surface area contributed by atoms with Gasteiger partial charge in [-0.2, -0.15) is 0 Å². The van der Waals surface area contributed by atoms with Crippen LogP contribution < -0.4 is 0 Å². The van der Waals surface area contributed by atoms with Gasteiger partial charge in [0.2, 0.25) is 0 Å². The molecule has 88 valence electrons. The van der Waals surface area contributed by atoms with E-state index in [1.54, 1.807) is 12.2 Å². The Kier molecular flexibility index (Phi) is 3.45. The molecular formula is C15H17NO. The van der Waals surface area contributed by atoms with Gasteiger partial charge in [-0.05, 0) is 16.3 Å². The second-order valence-electron chi connectivity index (χ2n) is 4.06. The van der Waals surface area contributed by atoms with Crippen LogP contribution in [0.25, 0.3) is 10.8 Å². The van der Waals surface area contributed by atoms with Crippen molar-refractivity contribution in [2.45, 2.75) is 6.42 Å². The maximum absolute atomic E-state index is 5.13. The third-order valence-electron chi connectivity index (χ3n) is 2.99. The molecular weight excluding hydrogens is 210 g/mol. The van der Waals surface area contributed by atoms with Gasteiger partial charge in [-0.3, -0.25) is 9.90 Å². The Hall–Kier alpha value is -1.80. The van der Waals surface area contributed by atoms with Gasteiger partial charge in [0.25, 0.3) is 0 Å². The summed E-state index contributed by atoms with van der Waals surface area (Å²) in [6.07, 6.45) is 0.797. The molecule has 0 fully saturated rings. The quantitative estimate of drug-likeness (QED) is 0.742. The van der Waals surface area contributed by atoms with Crippen molar-refractivity contribution in [3.05, 3.63) is 60.3 Å². The number of nitrogens with zero attached hydrogens (tertiary/aromatic N) is 1. The Morgan fingerprint density at radius 2 is 1.88 bits per heavy atom. The third kappa shape index (κ3) is 2.48. The number of hydroxylamine groups is 2. The fourth-order valence-electron chi connectivity index (χ4n) is 1.91. The lowest BCUT2D eigenvalue weighted by molar-refractivity contribution is -0.0785. The van der Waals surface area contributed by atoms with Crippen molar-refractivity contribution in [2.24, 2.45) is 0 Å². The summed E-state index contributed by atoms with van der Waals surface area (Å²) in [5, 5.41) is 4.24. The van der Waals surface area contributed by atoms with Crippen LogP contribution in [0, 0.1) is 0 Å². The third-order valence-corrected chi connectivity index (χ3v) is 2.99. The number of hydrogen-bond donors (Lipinski definition) is 0. The van der Waals surface area contributed by atoms with Gasteiger partial charge in [-0.1, -0.05) is 49.0 Å². The summed E-state index contributed by atoms with van der Waals surface area (Å²) in [4.78, 5) is 5.13. The molecule has 0 heterocycles. The van der Waals surface area contributed by atoms with Gasteiger partial charge in [0.1, 0.15) is 0 Å². The molecule has 0 spiro atoms. The molecule has 2 rings (SSSR count). The van der Waals surface area contributed by atoms with E-state index < -0.39 is 0 Å². The normalized spacial score (nSPS) is 10.5. The lowest BCUT2D eigenvalue weighted by Gasteiger charge is -2.19. The van der Waals surface area contributed by atoms with Crippen molar-refractivity contribution in [1.29, 1.82) is 0 Å². The second-order valence-corrected chi connectivity index (χ2v) is 4.06. The van der Waals surface area contributed by atoms with Gasteiger partial charge < -0.3 is 0 Å². The molecule has 0 aliphatic carbocycles. The SMILES string of the molecule is C=C(Cc1cccc2ccccc12)N(C)OC. The van der Waals surface area contributed by atoms with Gasteiger partial charge >= 0.3 is 0 Å². The zero-order valence-corrected chi connectivity index (χ0v) is 10.3. The zero-order chi connectivity index (χ0) is 12.3. The van der Waals surface area contributed by atoms with Crippen molar-refractivity contribution in [3.63, 3.8) is 0 Å². The zero-order valence-electron chi connectivity index (χ0n) is 10.3. The number of allylic oxidation sites excluding steroid dienone is 1. The predicted octanol–water partition coefficient (Wildman–Crippen LogP) is 3.39. The van der Waals surface area contributed by atoms with Crippen LogP contribution in [0.1, 0.15) is 5.56 Å². The van der Waals surface area contributed by atoms with Crippen LogP contribution >= 0.6 is 0 Å². The van der Waals surface area contributed by atoms with Gasteiger partial charge in [0.15, 0.2) is 0 Å². The molecule has 0 amide bonds. The van der Waals surface area contributed by atoms with Crippen molar-refractivity contribution in [2.75, 3.05) is 14.2 Å². The summed E-state index contributed by atoms with van der Waals surface area (Å²) in [6, 6.07) is 14.7. The highest BCUT2D eigenvalue weighted by atomic mass is 16.7. The largest absolute Gasteiger partial charge is 0.277 e. The smallest absolute Gasteiger partial charge is 0.0638 e. The average molecular weight is 227 g/mol. The highest BCUT2D eigenvalue weighted by Crippen LogP contribution is 2.21. The number of benzene rings is 2. The maximum Gasteiger partial charge on any atom is 0.0638 e. The van der Waals surface area contributed by atoms with E-state index in [1.807, 2.05) is 7.05 Å². The predicted molar refractivity (Wildman–Crippen MR) is 71.6 cm³/mol. The molecule has 0 unspecified atom stereocenters. The highest BCUT2D eigenvalue weighted by Gasteiger charge is 2.05. The van der Waals surface area contributed by atoms with Crippen molar-refractivity contribution in [3.8, 4) is 0 Å². The van der Waals surface area contributed by atoms with Gasteiger partial charge in [-0.25, -0.2) is 0 Å². The molecule has 0 bridgehead atoms. The lowest BCUT2D eigenvalue weighted by Crippen LogP contribution is -2.16. The molecule has 2 aromatic rings. The lowest BCUT2D eigenvalue weighted by atomic mass is 10.0. The molecule has 0 saturated heterocycles. The highest BCUT2D eigenvalue weighted by molar-refractivity contribution is 5.85. The minimum absolute atomic E-state index is 0.797. The van der Waals surface area contributed by atoms with Crippen LogP contribution in [-0.4, -0.2) is 19.2 Å². The first-order valence-electron chi connectivity index (χ1n) is 5.64. The fourth-order valence-corrected chi connectivity index (χ4v) is 1.91. The molecule has 0 aliphatic rings. The van der Waals surface area contributed by atoms with E-state index in [1.165, 1.54) is 16.3 Å². The maximum atomic E-state index is 5.13. The van der Waals surface area contributed by atoms with Gasteiger partial charge in [0.05, 0.1) is 7.11 Å². The van der Waals surface area contributed by atoms with E-state index >= 15 is 0 Å². The Morgan fingerprint density at radius 3 is 2.65 bits per heavy atom. The molecule has 2 nitrogen and oxygen atoms in total.